The number of halogens is 1. The lowest BCUT2D eigenvalue weighted by molar-refractivity contribution is -0.124. The molecule has 0 bridgehead atoms. The van der Waals surface area contributed by atoms with Crippen LogP contribution in [0.3, 0.4) is 0 Å². The Bertz CT molecular complexity index is 937. The highest BCUT2D eigenvalue weighted by atomic mass is 79.9. The number of nitrogens with one attached hydrogen (secondary N) is 2. The number of benzene rings is 2. The lowest BCUT2D eigenvalue weighted by atomic mass is 9.95. The summed E-state index contributed by atoms with van der Waals surface area (Å²) in [7, 11) is 0. The highest BCUT2D eigenvalue weighted by molar-refractivity contribution is 9.10. The van der Waals surface area contributed by atoms with E-state index in [1.54, 1.807) is 17.0 Å². The SMILES string of the molecule is O=C1CN(C(=O)c2ccc(CNC(=O)C3(c4ccc(Br)cc4)CC3)cc2)CCN1. The summed E-state index contributed by atoms with van der Waals surface area (Å²) in [5.41, 5.74) is 2.11. The minimum Gasteiger partial charge on any atom is -0.353 e. The van der Waals surface area contributed by atoms with Crippen LogP contribution >= 0.6 is 15.9 Å². The predicted molar refractivity (Wildman–Crippen MR) is 112 cm³/mol. The van der Waals surface area contributed by atoms with Crippen LogP contribution in [-0.2, 0) is 21.5 Å². The summed E-state index contributed by atoms with van der Waals surface area (Å²) >= 11 is 3.43. The summed E-state index contributed by atoms with van der Waals surface area (Å²) in [6.07, 6.45) is 1.72. The van der Waals surface area contributed by atoms with Gasteiger partial charge in [0.1, 0.15) is 0 Å². The highest BCUT2D eigenvalue weighted by Crippen LogP contribution is 2.48. The van der Waals surface area contributed by atoms with E-state index in [0.29, 0.717) is 25.2 Å². The van der Waals surface area contributed by atoms with Gasteiger partial charge in [0.05, 0.1) is 12.0 Å². The number of amides is 3. The second-order valence-corrected chi connectivity index (χ2v) is 8.46. The van der Waals surface area contributed by atoms with Crippen molar-refractivity contribution in [1.29, 1.82) is 0 Å². The zero-order chi connectivity index (χ0) is 20.4. The summed E-state index contributed by atoms with van der Waals surface area (Å²) in [4.78, 5) is 38.3. The Labute approximate surface area is 177 Å². The van der Waals surface area contributed by atoms with Gasteiger partial charge in [0, 0.05) is 29.7 Å². The largest absolute Gasteiger partial charge is 0.353 e. The van der Waals surface area contributed by atoms with Crippen molar-refractivity contribution < 1.29 is 14.4 Å². The first-order valence-electron chi connectivity index (χ1n) is 9.67. The Morgan fingerprint density at radius 3 is 2.38 bits per heavy atom. The van der Waals surface area contributed by atoms with E-state index in [2.05, 4.69) is 26.6 Å². The van der Waals surface area contributed by atoms with Crippen LogP contribution in [0.5, 0.6) is 0 Å². The molecule has 3 amide bonds. The molecule has 1 saturated heterocycles. The van der Waals surface area contributed by atoms with Crippen LogP contribution in [0.25, 0.3) is 0 Å². The quantitative estimate of drug-likeness (QED) is 0.726. The first-order chi connectivity index (χ1) is 14.0. The Kier molecular flexibility index (Phi) is 5.41. The van der Waals surface area contributed by atoms with Crippen LogP contribution < -0.4 is 10.6 Å². The minimum absolute atomic E-state index is 0.0410. The molecule has 4 rings (SSSR count). The second kappa shape index (κ2) is 7.99. The fourth-order valence-corrected chi connectivity index (χ4v) is 3.92. The summed E-state index contributed by atoms with van der Waals surface area (Å²) in [5, 5.41) is 5.74. The van der Waals surface area contributed by atoms with Gasteiger partial charge < -0.3 is 15.5 Å². The first-order valence-corrected chi connectivity index (χ1v) is 10.5. The van der Waals surface area contributed by atoms with Gasteiger partial charge >= 0.3 is 0 Å². The highest BCUT2D eigenvalue weighted by Gasteiger charge is 2.51. The molecule has 0 aromatic heterocycles. The molecule has 2 aromatic rings. The third kappa shape index (κ3) is 4.19. The number of piperazine rings is 1. The summed E-state index contributed by atoms with van der Waals surface area (Å²) < 4.78 is 0.997. The molecule has 150 valence electrons. The maximum Gasteiger partial charge on any atom is 0.254 e. The van der Waals surface area contributed by atoms with Crippen molar-refractivity contribution in [1.82, 2.24) is 15.5 Å². The maximum absolute atomic E-state index is 12.8. The average Bonchev–Trinajstić information content (AvgIpc) is 3.54. The molecule has 0 spiro atoms. The van der Waals surface area contributed by atoms with Gasteiger partial charge in [-0.05, 0) is 48.2 Å². The van der Waals surface area contributed by atoms with Crippen LogP contribution in [0, 0.1) is 0 Å². The van der Waals surface area contributed by atoms with E-state index < -0.39 is 5.41 Å². The number of carbonyl (C=O) groups is 3. The summed E-state index contributed by atoms with van der Waals surface area (Å²) in [6, 6.07) is 15.1. The fraction of sp³-hybridized carbons (Fsp3) is 0.318. The van der Waals surface area contributed by atoms with E-state index in [1.165, 1.54) is 0 Å². The third-order valence-electron chi connectivity index (χ3n) is 5.56. The Hall–Kier alpha value is -2.67. The molecule has 7 heteroatoms. The van der Waals surface area contributed by atoms with Crippen molar-refractivity contribution in [3.05, 3.63) is 69.7 Å². The van der Waals surface area contributed by atoms with Crippen LogP contribution in [0.2, 0.25) is 0 Å². The van der Waals surface area contributed by atoms with Crippen molar-refractivity contribution in [2.45, 2.75) is 24.8 Å². The van der Waals surface area contributed by atoms with Gasteiger partial charge in [-0.3, -0.25) is 14.4 Å². The van der Waals surface area contributed by atoms with E-state index in [1.807, 2.05) is 36.4 Å². The minimum atomic E-state index is -0.411. The molecule has 6 nitrogen and oxygen atoms in total. The fourth-order valence-electron chi connectivity index (χ4n) is 3.65. The second-order valence-electron chi connectivity index (χ2n) is 7.55. The van der Waals surface area contributed by atoms with Crippen LogP contribution in [-0.4, -0.2) is 42.3 Å². The van der Waals surface area contributed by atoms with E-state index in [-0.39, 0.29) is 24.3 Å². The number of rotatable bonds is 5. The van der Waals surface area contributed by atoms with Crippen molar-refractivity contribution >= 4 is 33.7 Å². The predicted octanol–water partition coefficient (Wildman–Crippen LogP) is 2.37. The standard InChI is InChI=1S/C22H22BrN3O3/c23-18-7-5-17(6-8-18)22(9-10-22)21(29)25-13-15-1-3-16(4-2-15)20(28)26-12-11-24-19(27)14-26/h1-8H,9-14H2,(H,24,27)(H,25,29). The number of hydrogen-bond donors (Lipinski definition) is 2. The monoisotopic (exact) mass is 455 g/mol. The third-order valence-corrected chi connectivity index (χ3v) is 6.09. The topological polar surface area (TPSA) is 78.5 Å². The van der Waals surface area contributed by atoms with Gasteiger partial charge in [0.2, 0.25) is 11.8 Å². The van der Waals surface area contributed by atoms with Gasteiger partial charge in [-0.25, -0.2) is 0 Å². The van der Waals surface area contributed by atoms with E-state index >= 15 is 0 Å². The Balaban J connectivity index is 1.35. The molecule has 29 heavy (non-hydrogen) atoms. The van der Waals surface area contributed by atoms with Gasteiger partial charge in [-0.1, -0.05) is 40.2 Å². The van der Waals surface area contributed by atoms with E-state index in [0.717, 1.165) is 28.4 Å². The van der Waals surface area contributed by atoms with Gasteiger partial charge in [-0.15, -0.1) is 0 Å². The first kappa shape index (κ1) is 19.6. The molecular formula is C22H22BrN3O3. The molecule has 2 N–H and O–H groups in total. The smallest absolute Gasteiger partial charge is 0.254 e. The molecule has 0 atom stereocenters. The number of hydrogen-bond acceptors (Lipinski definition) is 3. The molecule has 1 saturated carbocycles. The van der Waals surface area contributed by atoms with Crippen molar-refractivity contribution in [2.24, 2.45) is 0 Å². The molecule has 1 aliphatic carbocycles. The van der Waals surface area contributed by atoms with Crippen LogP contribution in [0.1, 0.15) is 34.3 Å². The zero-order valence-electron chi connectivity index (χ0n) is 15.9. The zero-order valence-corrected chi connectivity index (χ0v) is 17.5. The van der Waals surface area contributed by atoms with E-state index in [9.17, 15) is 14.4 Å². The molecule has 1 heterocycles. The van der Waals surface area contributed by atoms with Crippen molar-refractivity contribution in [3.8, 4) is 0 Å². The van der Waals surface area contributed by atoms with Crippen molar-refractivity contribution in [3.63, 3.8) is 0 Å². The van der Waals surface area contributed by atoms with Gasteiger partial charge in [0.15, 0.2) is 0 Å². The normalized spacial score (nSPS) is 17.4. The molecule has 2 fully saturated rings. The Morgan fingerprint density at radius 1 is 1.07 bits per heavy atom. The average molecular weight is 456 g/mol. The van der Waals surface area contributed by atoms with E-state index in [4.69, 9.17) is 0 Å². The lowest BCUT2D eigenvalue weighted by Crippen LogP contribution is -2.49. The van der Waals surface area contributed by atoms with Crippen LogP contribution in [0.4, 0.5) is 0 Å². The maximum atomic E-state index is 12.8. The summed E-state index contributed by atoms with van der Waals surface area (Å²) in [5.74, 6) is -0.245. The number of carbonyl (C=O) groups excluding carboxylic acids is 3. The lowest BCUT2D eigenvalue weighted by Gasteiger charge is -2.26. The summed E-state index contributed by atoms with van der Waals surface area (Å²) in [6.45, 7) is 1.50. The van der Waals surface area contributed by atoms with Crippen molar-refractivity contribution in [2.75, 3.05) is 19.6 Å². The molecule has 0 radical (unpaired) electrons. The molecule has 0 unspecified atom stereocenters. The molecular weight excluding hydrogens is 434 g/mol. The van der Waals surface area contributed by atoms with Gasteiger partial charge in [-0.2, -0.15) is 0 Å². The molecule has 2 aliphatic rings. The molecule has 2 aromatic carbocycles. The van der Waals surface area contributed by atoms with Gasteiger partial charge in [0.25, 0.3) is 5.91 Å². The van der Waals surface area contributed by atoms with Crippen LogP contribution in [0.15, 0.2) is 53.0 Å². The number of nitrogens with zero attached hydrogens (tertiary/aromatic N) is 1. The molecule has 1 aliphatic heterocycles. The Morgan fingerprint density at radius 2 is 1.76 bits per heavy atom.